The largest absolute Gasteiger partial charge is 0.485 e. The Kier molecular flexibility index (Phi) is 6.53. The second-order valence-corrected chi connectivity index (χ2v) is 9.71. The summed E-state index contributed by atoms with van der Waals surface area (Å²) in [5, 5.41) is 8.85. The quantitative estimate of drug-likeness (QED) is 0.467. The Hall–Kier alpha value is -2.83. The number of rotatable bonds is 8. The zero-order chi connectivity index (χ0) is 22.7. The van der Waals surface area contributed by atoms with Gasteiger partial charge >= 0.3 is 0 Å². The van der Waals surface area contributed by atoms with E-state index in [1.165, 1.54) is 19.5 Å². The zero-order valence-corrected chi connectivity index (χ0v) is 19.0. The SMILES string of the molecule is COC[C@@H]1COc2c(ccnc2OC)-c2nnc(CS(=O)(=O)CCc3ncc(Cl)cn3)n21. The van der Waals surface area contributed by atoms with Gasteiger partial charge in [-0.2, -0.15) is 0 Å². The molecule has 1 aliphatic rings. The van der Waals surface area contributed by atoms with Crippen molar-refractivity contribution in [2.45, 2.75) is 18.2 Å². The van der Waals surface area contributed by atoms with E-state index in [4.69, 9.17) is 25.8 Å². The number of methoxy groups -OCH3 is 2. The zero-order valence-electron chi connectivity index (χ0n) is 17.4. The van der Waals surface area contributed by atoms with Crippen molar-refractivity contribution in [3.63, 3.8) is 0 Å². The average Bonchev–Trinajstić information content (AvgIpc) is 3.10. The Labute approximate surface area is 189 Å². The Morgan fingerprint density at radius 3 is 2.72 bits per heavy atom. The third-order valence-corrected chi connectivity index (χ3v) is 6.60. The minimum Gasteiger partial charge on any atom is -0.485 e. The molecular formula is C19H21ClN6O5S. The van der Waals surface area contributed by atoms with Crippen molar-refractivity contribution in [2.24, 2.45) is 0 Å². The maximum absolute atomic E-state index is 12.9. The first-order valence-electron chi connectivity index (χ1n) is 9.67. The first kappa shape index (κ1) is 22.4. The third kappa shape index (κ3) is 4.66. The number of aromatic nitrogens is 6. The Morgan fingerprint density at radius 1 is 1.22 bits per heavy atom. The van der Waals surface area contributed by atoms with E-state index >= 15 is 0 Å². The number of hydrogen-bond acceptors (Lipinski definition) is 10. The summed E-state index contributed by atoms with van der Waals surface area (Å²) in [7, 11) is -0.483. The molecule has 1 aliphatic heterocycles. The van der Waals surface area contributed by atoms with Crippen molar-refractivity contribution in [1.82, 2.24) is 29.7 Å². The van der Waals surface area contributed by atoms with E-state index in [-0.39, 0.29) is 37.2 Å². The highest BCUT2D eigenvalue weighted by Gasteiger charge is 2.31. The van der Waals surface area contributed by atoms with Crippen LogP contribution in [-0.4, -0.2) is 71.3 Å². The van der Waals surface area contributed by atoms with Crippen LogP contribution in [0, 0.1) is 0 Å². The van der Waals surface area contributed by atoms with Gasteiger partial charge in [0.25, 0.3) is 5.88 Å². The Morgan fingerprint density at radius 2 is 2.00 bits per heavy atom. The fraction of sp³-hybridized carbons (Fsp3) is 0.421. The van der Waals surface area contributed by atoms with Gasteiger partial charge in [0.1, 0.15) is 24.0 Å². The van der Waals surface area contributed by atoms with Crippen LogP contribution in [0.2, 0.25) is 5.02 Å². The van der Waals surface area contributed by atoms with Crippen LogP contribution >= 0.6 is 11.6 Å². The van der Waals surface area contributed by atoms with Gasteiger partial charge in [-0.15, -0.1) is 10.2 Å². The molecule has 0 radical (unpaired) electrons. The summed E-state index contributed by atoms with van der Waals surface area (Å²) in [5.74, 6) is 1.46. The predicted molar refractivity (Wildman–Crippen MR) is 114 cm³/mol. The fourth-order valence-electron chi connectivity index (χ4n) is 3.43. The second-order valence-electron chi connectivity index (χ2n) is 7.09. The van der Waals surface area contributed by atoms with Gasteiger partial charge in [-0.05, 0) is 6.07 Å². The smallest absolute Gasteiger partial charge is 0.257 e. The Balaban J connectivity index is 1.64. The molecule has 4 heterocycles. The van der Waals surface area contributed by atoms with Gasteiger partial charge in [-0.25, -0.2) is 23.4 Å². The monoisotopic (exact) mass is 480 g/mol. The van der Waals surface area contributed by atoms with Crippen LogP contribution in [-0.2, 0) is 26.7 Å². The van der Waals surface area contributed by atoms with Crippen molar-refractivity contribution in [2.75, 3.05) is 33.2 Å². The van der Waals surface area contributed by atoms with Crippen LogP contribution in [0.1, 0.15) is 17.7 Å². The first-order chi connectivity index (χ1) is 15.4. The van der Waals surface area contributed by atoms with Gasteiger partial charge in [0.2, 0.25) is 0 Å². The van der Waals surface area contributed by atoms with E-state index in [0.717, 1.165) is 0 Å². The molecule has 0 amide bonds. The van der Waals surface area contributed by atoms with Gasteiger partial charge in [-0.1, -0.05) is 11.6 Å². The summed E-state index contributed by atoms with van der Waals surface area (Å²) >= 11 is 5.78. The topological polar surface area (TPSA) is 131 Å². The summed E-state index contributed by atoms with van der Waals surface area (Å²) < 4.78 is 44.1. The van der Waals surface area contributed by atoms with E-state index in [1.807, 2.05) is 0 Å². The average molecular weight is 481 g/mol. The number of fused-ring (bicyclic) bond motifs is 3. The van der Waals surface area contributed by atoms with Crippen molar-refractivity contribution in [3.05, 3.63) is 41.3 Å². The molecule has 4 rings (SSSR count). The van der Waals surface area contributed by atoms with Crippen LogP contribution in [0.4, 0.5) is 0 Å². The molecule has 0 spiro atoms. The van der Waals surface area contributed by atoms with Crippen molar-refractivity contribution < 1.29 is 22.6 Å². The summed E-state index contributed by atoms with van der Waals surface area (Å²) in [5.41, 5.74) is 0.612. The molecule has 0 unspecified atom stereocenters. The highest BCUT2D eigenvalue weighted by Crippen LogP contribution is 2.39. The van der Waals surface area contributed by atoms with Crippen LogP contribution in [0.25, 0.3) is 11.4 Å². The van der Waals surface area contributed by atoms with Crippen LogP contribution in [0.5, 0.6) is 11.6 Å². The lowest BCUT2D eigenvalue weighted by Crippen LogP contribution is -2.24. The summed E-state index contributed by atoms with van der Waals surface area (Å²) in [6.07, 6.45) is 4.60. The van der Waals surface area contributed by atoms with E-state index in [0.29, 0.717) is 39.7 Å². The van der Waals surface area contributed by atoms with Crippen LogP contribution in [0.3, 0.4) is 0 Å². The molecular weight excluding hydrogens is 460 g/mol. The molecule has 0 bridgehead atoms. The number of halogens is 1. The Bertz CT molecular complexity index is 1200. The summed E-state index contributed by atoms with van der Waals surface area (Å²) in [4.78, 5) is 12.3. The molecule has 3 aromatic heterocycles. The number of pyridine rings is 1. The van der Waals surface area contributed by atoms with Gasteiger partial charge in [0, 0.05) is 32.1 Å². The second kappa shape index (κ2) is 9.35. The van der Waals surface area contributed by atoms with Gasteiger partial charge in [0.15, 0.2) is 21.4 Å². The van der Waals surface area contributed by atoms with Gasteiger partial charge in [0.05, 0.1) is 36.1 Å². The molecule has 0 aromatic carbocycles. The van der Waals surface area contributed by atoms with Crippen LogP contribution in [0.15, 0.2) is 24.7 Å². The lowest BCUT2D eigenvalue weighted by molar-refractivity contribution is 0.123. The number of ether oxygens (including phenoxy) is 3. The summed E-state index contributed by atoms with van der Waals surface area (Å²) in [6.45, 7) is 0.486. The minimum absolute atomic E-state index is 0.142. The highest BCUT2D eigenvalue weighted by atomic mass is 35.5. The van der Waals surface area contributed by atoms with Crippen LogP contribution < -0.4 is 9.47 Å². The van der Waals surface area contributed by atoms with E-state index in [2.05, 4.69) is 25.1 Å². The molecule has 0 N–H and O–H groups in total. The molecule has 32 heavy (non-hydrogen) atoms. The minimum atomic E-state index is -3.54. The lowest BCUT2D eigenvalue weighted by Gasteiger charge is -2.18. The molecule has 0 saturated carbocycles. The molecule has 13 heteroatoms. The maximum Gasteiger partial charge on any atom is 0.257 e. The molecule has 0 saturated heterocycles. The van der Waals surface area contributed by atoms with Crippen molar-refractivity contribution in [3.8, 4) is 23.0 Å². The normalized spacial score (nSPS) is 15.4. The number of nitrogens with zero attached hydrogens (tertiary/aromatic N) is 6. The number of sulfone groups is 1. The van der Waals surface area contributed by atoms with Gasteiger partial charge in [-0.3, -0.25) is 0 Å². The lowest BCUT2D eigenvalue weighted by atomic mass is 10.2. The fourth-order valence-corrected chi connectivity index (χ4v) is 4.76. The molecule has 3 aromatic rings. The number of aryl methyl sites for hydroxylation is 1. The number of hydrogen-bond donors (Lipinski definition) is 0. The van der Waals surface area contributed by atoms with Crippen molar-refractivity contribution >= 4 is 21.4 Å². The van der Waals surface area contributed by atoms with E-state index in [1.54, 1.807) is 23.9 Å². The highest BCUT2D eigenvalue weighted by molar-refractivity contribution is 7.90. The molecule has 1 atom stereocenters. The predicted octanol–water partition coefficient (Wildman–Crippen LogP) is 1.53. The van der Waals surface area contributed by atoms with E-state index in [9.17, 15) is 8.42 Å². The first-order valence-corrected chi connectivity index (χ1v) is 11.9. The van der Waals surface area contributed by atoms with E-state index < -0.39 is 9.84 Å². The van der Waals surface area contributed by atoms with Crippen molar-refractivity contribution in [1.29, 1.82) is 0 Å². The summed E-state index contributed by atoms with van der Waals surface area (Å²) in [6, 6.07) is 1.39. The third-order valence-electron chi connectivity index (χ3n) is 4.88. The molecule has 11 nitrogen and oxygen atoms in total. The standard InChI is InChI=1S/C19H21ClN6O5S/c1-29-9-13-10-31-17-14(3-5-21-19(17)30-2)18-25-24-16(26(13)18)11-32(27,28)6-4-15-22-7-12(20)8-23-15/h3,5,7-8,13H,4,6,9-11H2,1-2H3/t13-/m1/s1. The molecule has 170 valence electrons. The molecule has 0 aliphatic carbocycles. The maximum atomic E-state index is 12.9. The molecule has 0 fully saturated rings. The van der Waals surface area contributed by atoms with Gasteiger partial charge < -0.3 is 18.8 Å².